The summed E-state index contributed by atoms with van der Waals surface area (Å²) in [5.74, 6) is -0.00224. The lowest BCUT2D eigenvalue weighted by Crippen LogP contribution is -2.13. The predicted octanol–water partition coefficient (Wildman–Crippen LogP) is 7.67. The number of nitrogens with zero attached hydrogens (tertiary/aromatic N) is 2. The lowest BCUT2D eigenvalue weighted by molar-refractivity contribution is -0.394. The first-order valence-corrected chi connectivity index (χ1v) is 13.1. The molecule has 0 aliphatic heterocycles. The first-order chi connectivity index (χ1) is 19.7. The predicted molar refractivity (Wildman–Crippen MR) is 156 cm³/mol. The largest absolute Gasteiger partial charge is 0.444 e. The molecule has 0 aliphatic carbocycles. The molecule has 0 spiro atoms. The van der Waals surface area contributed by atoms with E-state index in [0.29, 0.717) is 12.1 Å². The number of benzene rings is 5. The Labute approximate surface area is 233 Å². The highest BCUT2D eigenvalue weighted by molar-refractivity contribution is 6.24. The van der Waals surface area contributed by atoms with Crippen molar-refractivity contribution in [3.05, 3.63) is 92.5 Å². The molecule has 5 rings (SSSR count). The lowest BCUT2D eigenvalue weighted by atomic mass is 9.93. The molecule has 2 N–H and O–H groups in total. The van der Waals surface area contributed by atoms with E-state index in [2.05, 4.69) is 17.6 Å². The maximum absolute atomic E-state index is 12.5. The first-order valence-electron chi connectivity index (χ1n) is 13.1. The maximum atomic E-state index is 12.5. The van der Waals surface area contributed by atoms with E-state index in [0.717, 1.165) is 75.5 Å². The van der Waals surface area contributed by atoms with Crippen LogP contribution in [0, 0.1) is 20.2 Å². The van der Waals surface area contributed by atoms with Gasteiger partial charge in [0.1, 0.15) is 6.61 Å². The van der Waals surface area contributed by atoms with Gasteiger partial charge < -0.3 is 10.1 Å². The van der Waals surface area contributed by atoms with Crippen molar-refractivity contribution in [1.29, 1.82) is 0 Å². The van der Waals surface area contributed by atoms with Gasteiger partial charge in [0, 0.05) is 35.5 Å². The van der Waals surface area contributed by atoms with Crippen LogP contribution in [-0.4, -0.2) is 21.8 Å². The van der Waals surface area contributed by atoms with Gasteiger partial charge in [0.15, 0.2) is 0 Å². The van der Waals surface area contributed by atoms with Crippen molar-refractivity contribution in [2.45, 2.75) is 39.2 Å². The summed E-state index contributed by atoms with van der Waals surface area (Å²) in [4.78, 5) is 45.6. The lowest BCUT2D eigenvalue weighted by Gasteiger charge is -2.15. The zero-order chi connectivity index (χ0) is 29.1. The molecular weight excluding hydrogens is 528 g/mol. The zero-order valence-corrected chi connectivity index (χ0v) is 22.1. The summed E-state index contributed by atoms with van der Waals surface area (Å²) in [6.07, 6.45) is 2.61. The van der Waals surface area contributed by atoms with Gasteiger partial charge in [-0.1, -0.05) is 44.0 Å². The van der Waals surface area contributed by atoms with E-state index in [-0.39, 0.29) is 18.1 Å². The van der Waals surface area contributed by atoms with Gasteiger partial charge >= 0.3 is 6.09 Å². The fourth-order valence-corrected chi connectivity index (χ4v) is 4.99. The Balaban J connectivity index is 1.34. The third kappa shape index (κ3) is 5.98. The van der Waals surface area contributed by atoms with Crippen molar-refractivity contribution in [2.24, 2.45) is 0 Å². The van der Waals surface area contributed by atoms with E-state index in [1.807, 2.05) is 48.5 Å². The Morgan fingerprint density at radius 2 is 1.22 bits per heavy atom. The molecule has 0 atom stereocenters. The van der Waals surface area contributed by atoms with Crippen LogP contribution in [0.5, 0.6) is 0 Å². The van der Waals surface area contributed by atoms with Crippen LogP contribution in [0.15, 0.2) is 66.7 Å². The highest BCUT2D eigenvalue weighted by Gasteiger charge is 2.18. The molecule has 0 saturated carbocycles. The van der Waals surface area contributed by atoms with E-state index < -0.39 is 27.3 Å². The number of non-ortho nitro benzene ring substituents is 2. The summed E-state index contributed by atoms with van der Waals surface area (Å²) in [6.45, 7) is 1.71. The molecular formula is C30H26N4O7. The number of amides is 2. The number of hydrogen-bond donors (Lipinski definition) is 2. The van der Waals surface area contributed by atoms with Crippen LogP contribution in [0.25, 0.3) is 32.3 Å². The molecule has 0 aliphatic rings. The van der Waals surface area contributed by atoms with Gasteiger partial charge in [-0.3, -0.25) is 30.3 Å². The number of carbonyl (C=O) groups is 2. The number of nitro groups is 2. The number of unbranched alkanes of at least 4 members (excludes halogenated alkanes) is 2. The highest BCUT2D eigenvalue weighted by Crippen LogP contribution is 2.38. The van der Waals surface area contributed by atoms with Crippen molar-refractivity contribution >= 4 is 67.1 Å². The minimum absolute atomic E-state index is 0.00224. The Hall–Kier alpha value is -5.32. The molecule has 41 heavy (non-hydrogen) atoms. The summed E-state index contributed by atoms with van der Waals surface area (Å²) >= 11 is 0. The Bertz CT molecular complexity index is 1720. The average Bonchev–Trinajstić information content (AvgIpc) is 2.94. The number of nitrogens with one attached hydrogen (secondary N) is 2. The smallest absolute Gasteiger partial charge is 0.411 e. The van der Waals surface area contributed by atoms with E-state index >= 15 is 0 Å². The Morgan fingerprint density at radius 3 is 1.68 bits per heavy atom. The molecule has 208 valence electrons. The molecule has 0 heterocycles. The second-order valence-corrected chi connectivity index (χ2v) is 9.80. The van der Waals surface area contributed by atoms with Gasteiger partial charge in [0.05, 0.1) is 15.9 Å². The first kappa shape index (κ1) is 27.3. The minimum atomic E-state index is -0.814. The van der Waals surface area contributed by atoms with Crippen LogP contribution < -0.4 is 10.6 Å². The van der Waals surface area contributed by atoms with Gasteiger partial charge in [0.2, 0.25) is 5.91 Å². The minimum Gasteiger partial charge on any atom is -0.444 e. The van der Waals surface area contributed by atoms with Gasteiger partial charge in [-0.25, -0.2) is 4.79 Å². The molecule has 0 bridgehead atoms. The molecule has 5 aromatic carbocycles. The number of ether oxygens (including phenoxy) is 1. The molecule has 0 radical (unpaired) electrons. The Kier molecular flexibility index (Phi) is 7.59. The SMILES string of the molecule is CCCCCC(=O)Nc1cc2ccc3cc(NC(=O)OCc4cc([N+](=O)[O-])cc([N+](=O)[O-])c4)cc4ccc(c1)c2c34. The summed E-state index contributed by atoms with van der Waals surface area (Å²) in [5.41, 5.74) is 0.411. The second-order valence-electron chi connectivity index (χ2n) is 9.80. The van der Waals surface area contributed by atoms with Gasteiger partial charge in [-0.05, 0) is 63.0 Å². The second kappa shape index (κ2) is 11.4. The van der Waals surface area contributed by atoms with Crippen LogP contribution in [0.1, 0.15) is 38.2 Å². The summed E-state index contributed by atoms with van der Waals surface area (Å²) in [6, 6.07) is 18.4. The summed E-state index contributed by atoms with van der Waals surface area (Å²) < 4.78 is 5.20. The van der Waals surface area contributed by atoms with Gasteiger partial charge in [0.25, 0.3) is 11.4 Å². The number of anilines is 2. The van der Waals surface area contributed by atoms with E-state index in [1.54, 1.807) is 0 Å². The fourth-order valence-electron chi connectivity index (χ4n) is 4.99. The molecule has 11 nitrogen and oxygen atoms in total. The fraction of sp³-hybridized carbons (Fsp3) is 0.200. The van der Waals surface area contributed by atoms with Crippen LogP contribution in [0.4, 0.5) is 27.5 Å². The number of carbonyl (C=O) groups excluding carboxylic acids is 2. The molecule has 0 aromatic heterocycles. The van der Waals surface area contributed by atoms with Crippen LogP contribution in [-0.2, 0) is 16.1 Å². The van der Waals surface area contributed by atoms with Crippen molar-refractivity contribution in [3.8, 4) is 0 Å². The molecule has 0 unspecified atom stereocenters. The molecule has 5 aromatic rings. The molecule has 0 fully saturated rings. The van der Waals surface area contributed by atoms with Crippen molar-refractivity contribution in [3.63, 3.8) is 0 Å². The van der Waals surface area contributed by atoms with Crippen molar-refractivity contribution in [2.75, 3.05) is 10.6 Å². The highest BCUT2D eigenvalue weighted by atomic mass is 16.6. The van der Waals surface area contributed by atoms with E-state index in [1.165, 1.54) is 0 Å². The number of rotatable bonds is 10. The van der Waals surface area contributed by atoms with Crippen molar-refractivity contribution in [1.82, 2.24) is 0 Å². The van der Waals surface area contributed by atoms with Gasteiger partial charge in [-0.2, -0.15) is 0 Å². The summed E-state index contributed by atoms with van der Waals surface area (Å²) in [7, 11) is 0. The monoisotopic (exact) mass is 554 g/mol. The quantitative estimate of drug-likeness (QED) is 0.0777. The standard InChI is InChI=1S/C30H26N4O7/c1-2-3-4-5-27(35)31-23-12-19-6-8-21-14-24(15-22-9-7-20(13-23)28(19)29(21)22)32-30(36)41-17-18-10-25(33(37)38)16-26(11-18)34(39)40/h6-16H,2-5,17H2,1H3,(H,31,35)(H,32,36). The zero-order valence-electron chi connectivity index (χ0n) is 22.1. The molecule has 0 saturated heterocycles. The van der Waals surface area contributed by atoms with E-state index in [4.69, 9.17) is 4.74 Å². The number of hydrogen-bond acceptors (Lipinski definition) is 7. The van der Waals surface area contributed by atoms with E-state index in [9.17, 15) is 29.8 Å². The van der Waals surface area contributed by atoms with Gasteiger partial charge in [-0.15, -0.1) is 0 Å². The third-order valence-corrected chi connectivity index (χ3v) is 6.83. The normalized spacial score (nSPS) is 11.1. The van der Waals surface area contributed by atoms with Crippen LogP contribution >= 0.6 is 0 Å². The third-order valence-electron chi connectivity index (χ3n) is 6.83. The summed E-state index contributed by atoms with van der Waals surface area (Å²) in [5, 5.41) is 33.7. The van der Waals surface area contributed by atoms with Crippen molar-refractivity contribution < 1.29 is 24.2 Å². The topological polar surface area (TPSA) is 154 Å². The average molecular weight is 555 g/mol. The maximum Gasteiger partial charge on any atom is 0.411 e. The molecule has 2 amide bonds. The van der Waals surface area contributed by atoms with Crippen LogP contribution in [0.3, 0.4) is 0 Å². The molecule has 11 heteroatoms. The Morgan fingerprint density at radius 1 is 0.732 bits per heavy atom. The van der Waals surface area contributed by atoms with Crippen LogP contribution in [0.2, 0.25) is 0 Å². The number of nitro benzene ring substituents is 2.